The lowest BCUT2D eigenvalue weighted by Gasteiger charge is -2.29. The first-order valence-electron chi connectivity index (χ1n) is 11.6. The van der Waals surface area contributed by atoms with Crippen LogP contribution in [0, 0.1) is 0 Å². The molecular formula is C26H29N3O4S. The van der Waals surface area contributed by atoms with Crippen molar-refractivity contribution in [2.45, 2.75) is 36.8 Å². The van der Waals surface area contributed by atoms with Crippen LogP contribution in [0.5, 0.6) is 11.5 Å². The van der Waals surface area contributed by atoms with E-state index in [0.717, 1.165) is 53.9 Å². The monoisotopic (exact) mass is 479 g/mol. The fourth-order valence-corrected chi connectivity index (χ4v) is 5.21. The summed E-state index contributed by atoms with van der Waals surface area (Å²) in [6.45, 7) is 2.44. The molecule has 178 valence electrons. The Morgan fingerprint density at radius 3 is 2.71 bits per heavy atom. The highest BCUT2D eigenvalue weighted by atomic mass is 32.2. The van der Waals surface area contributed by atoms with Gasteiger partial charge < -0.3 is 23.7 Å². The van der Waals surface area contributed by atoms with Crippen molar-refractivity contribution >= 4 is 17.7 Å². The topological polar surface area (TPSA) is 65.8 Å². The van der Waals surface area contributed by atoms with E-state index in [1.54, 1.807) is 11.9 Å². The summed E-state index contributed by atoms with van der Waals surface area (Å²) in [5, 5.41) is 0.835. The number of para-hydroxylation sites is 2. The molecular weight excluding hydrogens is 450 g/mol. The molecule has 1 fully saturated rings. The van der Waals surface area contributed by atoms with Crippen molar-refractivity contribution < 1.29 is 19.0 Å². The molecule has 0 saturated carbocycles. The second kappa shape index (κ2) is 10.5. The minimum Gasteiger partial charge on any atom is -0.486 e. The molecule has 34 heavy (non-hydrogen) atoms. The molecule has 0 bridgehead atoms. The van der Waals surface area contributed by atoms with E-state index in [0.29, 0.717) is 18.9 Å². The third kappa shape index (κ3) is 5.23. The number of benzene rings is 2. The summed E-state index contributed by atoms with van der Waals surface area (Å²) in [5.41, 5.74) is 2.16. The maximum atomic E-state index is 12.9. The number of aromatic nitrogens is 2. The normalized spacial score (nSPS) is 19.2. The molecule has 3 heterocycles. The number of thioether (sulfide) groups is 1. The number of hydrogen-bond donors (Lipinski definition) is 0. The lowest BCUT2D eigenvalue weighted by molar-refractivity contribution is -0.128. The van der Waals surface area contributed by atoms with Gasteiger partial charge in [-0.25, -0.2) is 4.98 Å². The molecule has 5 rings (SSSR count). The van der Waals surface area contributed by atoms with Crippen LogP contribution in [0.2, 0.25) is 0 Å². The zero-order valence-corrected chi connectivity index (χ0v) is 20.1. The van der Waals surface area contributed by atoms with Crippen LogP contribution in [0.4, 0.5) is 0 Å². The van der Waals surface area contributed by atoms with Crippen molar-refractivity contribution in [3.8, 4) is 22.8 Å². The van der Waals surface area contributed by atoms with Gasteiger partial charge in [0.15, 0.2) is 22.8 Å². The van der Waals surface area contributed by atoms with Gasteiger partial charge >= 0.3 is 0 Å². The molecule has 2 aromatic carbocycles. The van der Waals surface area contributed by atoms with Crippen molar-refractivity contribution in [1.29, 1.82) is 0 Å². The molecule has 7 nitrogen and oxygen atoms in total. The smallest absolute Gasteiger partial charge is 0.232 e. The molecule has 1 amide bonds. The van der Waals surface area contributed by atoms with Crippen LogP contribution in [0.25, 0.3) is 11.3 Å². The van der Waals surface area contributed by atoms with Gasteiger partial charge in [-0.2, -0.15) is 0 Å². The summed E-state index contributed by atoms with van der Waals surface area (Å²) in [7, 11) is 1.81. The maximum absolute atomic E-state index is 12.9. The van der Waals surface area contributed by atoms with Gasteiger partial charge in [-0.1, -0.05) is 54.2 Å². The number of fused-ring (bicyclic) bond motifs is 1. The van der Waals surface area contributed by atoms with E-state index in [2.05, 4.69) is 21.7 Å². The Kier molecular flexibility index (Phi) is 7.06. The zero-order chi connectivity index (χ0) is 23.3. The minimum absolute atomic E-state index is 0.0281. The lowest BCUT2D eigenvalue weighted by atomic mass is 10.1. The highest BCUT2D eigenvalue weighted by Crippen LogP contribution is 2.31. The fourth-order valence-electron chi connectivity index (χ4n) is 4.28. The Balaban J connectivity index is 1.22. The molecule has 2 atom stereocenters. The fraction of sp³-hybridized carbons (Fsp3) is 0.385. The number of rotatable bonds is 8. The molecule has 0 radical (unpaired) electrons. The van der Waals surface area contributed by atoms with Gasteiger partial charge in [-0.05, 0) is 30.5 Å². The van der Waals surface area contributed by atoms with Crippen molar-refractivity contribution in [3.63, 3.8) is 0 Å². The van der Waals surface area contributed by atoms with Gasteiger partial charge in [0.1, 0.15) is 6.61 Å². The average molecular weight is 480 g/mol. The van der Waals surface area contributed by atoms with Crippen LogP contribution in [0.1, 0.15) is 12.8 Å². The minimum atomic E-state index is -0.194. The summed E-state index contributed by atoms with van der Waals surface area (Å²) in [4.78, 5) is 19.3. The first kappa shape index (κ1) is 22.8. The van der Waals surface area contributed by atoms with Gasteiger partial charge in [0, 0.05) is 13.7 Å². The first-order chi connectivity index (χ1) is 16.7. The van der Waals surface area contributed by atoms with Crippen molar-refractivity contribution in [2.75, 3.05) is 32.6 Å². The Bertz CT molecular complexity index is 1110. The van der Waals surface area contributed by atoms with Crippen LogP contribution < -0.4 is 9.47 Å². The van der Waals surface area contributed by atoms with Gasteiger partial charge in [-0.15, -0.1) is 0 Å². The molecule has 2 aliphatic heterocycles. The van der Waals surface area contributed by atoms with Crippen LogP contribution in [-0.2, 0) is 16.1 Å². The predicted octanol–water partition coefficient (Wildman–Crippen LogP) is 4.12. The van der Waals surface area contributed by atoms with Gasteiger partial charge in [0.2, 0.25) is 5.91 Å². The van der Waals surface area contributed by atoms with Crippen LogP contribution >= 0.6 is 11.8 Å². The number of imidazole rings is 1. The second-order valence-electron chi connectivity index (χ2n) is 8.60. The number of likely N-dealkylation sites (N-methyl/N-ethyl adjacent to an activating group) is 1. The van der Waals surface area contributed by atoms with E-state index in [1.165, 1.54) is 11.8 Å². The van der Waals surface area contributed by atoms with Crippen molar-refractivity contribution in [1.82, 2.24) is 14.5 Å². The van der Waals surface area contributed by atoms with E-state index >= 15 is 0 Å². The predicted molar refractivity (Wildman–Crippen MR) is 131 cm³/mol. The van der Waals surface area contributed by atoms with Gasteiger partial charge in [0.05, 0.1) is 36.8 Å². The summed E-state index contributed by atoms with van der Waals surface area (Å²) in [5.74, 6) is 1.80. The first-order valence-corrected chi connectivity index (χ1v) is 12.6. The second-order valence-corrected chi connectivity index (χ2v) is 9.54. The quantitative estimate of drug-likeness (QED) is 0.453. The molecule has 0 spiro atoms. The third-order valence-electron chi connectivity index (χ3n) is 6.09. The van der Waals surface area contributed by atoms with E-state index in [-0.39, 0.29) is 18.1 Å². The number of nitrogens with zero attached hydrogens (tertiary/aromatic N) is 3. The largest absolute Gasteiger partial charge is 0.486 e. The maximum Gasteiger partial charge on any atom is 0.232 e. The van der Waals surface area contributed by atoms with E-state index < -0.39 is 0 Å². The number of amides is 1. The van der Waals surface area contributed by atoms with E-state index in [4.69, 9.17) is 14.2 Å². The van der Waals surface area contributed by atoms with Gasteiger partial charge in [0.25, 0.3) is 0 Å². The Morgan fingerprint density at radius 2 is 1.91 bits per heavy atom. The number of ether oxygens (including phenoxy) is 3. The molecule has 1 saturated heterocycles. The Hall–Kier alpha value is -2.97. The number of carbonyl (C=O) groups is 1. The molecule has 2 aliphatic rings. The standard InChI is InChI=1S/C26H29N3O4S/c1-28(15-21-17-32-23-11-5-6-12-24(23)33-21)25(30)18-34-26-27-14-22(19-8-3-2-4-9-19)29(26)16-20-10-7-13-31-20/h2-6,8-9,11-12,14,20-21H,7,10,13,15-18H2,1H3/t20-,21-/m0/s1. The summed E-state index contributed by atoms with van der Waals surface area (Å²) in [6.07, 6.45) is 4.01. The van der Waals surface area contributed by atoms with Crippen LogP contribution in [-0.4, -0.2) is 65.1 Å². The molecule has 0 N–H and O–H groups in total. The van der Waals surface area contributed by atoms with Crippen molar-refractivity contribution in [3.05, 3.63) is 60.8 Å². The van der Waals surface area contributed by atoms with Crippen LogP contribution in [0.15, 0.2) is 66.0 Å². The third-order valence-corrected chi connectivity index (χ3v) is 7.07. The van der Waals surface area contributed by atoms with Crippen molar-refractivity contribution in [2.24, 2.45) is 0 Å². The lowest BCUT2D eigenvalue weighted by Crippen LogP contribution is -2.42. The number of hydrogen-bond acceptors (Lipinski definition) is 6. The van der Waals surface area contributed by atoms with Crippen LogP contribution in [0.3, 0.4) is 0 Å². The van der Waals surface area contributed by atoms with E-state index in [1.807, 2.05) is 48.7 Å². The Morgan fingerprint density at radius 1 is 1.12 bits per heavy atom. The summed E-state index contributed by atoms with van der Waals surface area (Å²) < 4.78 is 19.9. The summed E-state index contributed by atoms with van der Waals surface area (Å²) in [6, 6.07) is 17.8. The summed E-state index contributed by atoms with van der Waals surface area (Å²) >= 11 is 1.47. The molecule has 1 aromatic heterocycles. The highest BCUT2D eigenvalue weighted by molar-refractivity contribution is 7.99. The highest BCUT2D eigenvalue weighted by Gasteiger charge is 2.25. The van der Waals surface area contributed by atoms with Gasteiger partial charge in [-0.3, -0.25) is 4.79 Å². The average Bonchev–Trinajstić information content (AvgIpc) is 3.53. The SMILES string of the molecule is CN(C[C@H]1COc2ccccc2O1)C(=O)CSc1ncc(-c2ccccc2)n1C[C@@H]1CCCO1. The zero-order valence-electron chi connectivity index (χ0n) is 19.3. The Labute approximate surface area is 204 Å². The molecule has 8 heteroatoms. The number of carbonyl (C=O) groups excluding carboxylic acids is 1. The van der Waals surface area contributed by atoms with E-state index in [9.17, 15) is 4.79 Å². The molecule has 3 aromatic rings. The molecule has 0 aliphatic carbocycles. The molecule has 0 unspecified atom stereocenters.